The smallest absolute Gasteiger partial charge is 0.397 e. The zero-order valence-electron chi connectivity index (χ0n) is 38.0. The first kappa shape index (κ1) is 67.1. The number of aliphatic hydroxyl groups excluding tert-OH is 5. The minimum absolute atomic E-state index is 0.154. The summed E-state index contributed by atoms with van der Waals surface area (Å²) < 4.78 is 263. The average molecular weight is 1260 g/mol. The fraction of sp³-hybridized carbons (Fsp3) is 0.931. The zero-order valence-corrected chi connectivity index (χ0v) is 42.9. The van der Waals surface area contributed by atoms with Crippen molar-refractivity contribution in [1.29, 1.82) is 0 Å². The second kappa shape index (κ2) is 26.7. The average Bonchev–Trinajstić information content (AvgIpc) is 3.25. The van der Waals surface area contributed by atoms with Crippen LogP contribution in [0.15, 0.2) is 0 Å². The predicted octanol–water partition coefficient (Wildman–Crippen LogP) is -10.3. The number of nitrogens with one attached hydrogen (secondary N) is 2. The van der Waals surface area contributed by atoms with E-state index in [2.05, 4.69) is 16.7 Å². The molecule has 452 valence electrons. The molecule has 4 heterocycles. The molecule has 0 spiro atoms. The van der Waals surface area contributed by atoms with Gasteiger partial charge in [0, 0.05) is 6.61 Å². The van der Waals surface area contributed by atoms with Crippen LogP contribution in [0.2, 0.25) is 0 Å². The molecule has 17 N–H and O–H groups in total. The van der Waals surface area contributed by atoms with Crippen molar-refractivity contribution in [1.82, 2.24) is 9.44 Å². The molecule has 0 bridgehead atoms. The van der Waals surface area contributed by atoms with E-state index in [1.807, 2.05) is 0 Å². The Morgan fingerprint density at radius 1 is 0.455 bits per heavy atom. The van der Waals surface area contributed by atoms with Gasteiger partial charge in [0.1, 0.15) is 73.1 Å². The number of ether oxygens (including phenoxy) is 8. The van der Waals surface area contributed by atoms with Gasteiger partial charge < -0.3 is 79.4 Å². The molecular formula is C29H51N3O39S6. The van der Waals surface area contributed by atoms with Gasteiger partial charge in [-0.2, -0.15) is 60.0 Å². The highest BCUT2D eigenvalue weighted by Crippen LogP contribution is 2.37. The molecule has 20 atom stereocenters. The van der Waals surface area contributed by atoms with Crippen molar-refractivity contribution >= 4 is 74.1 Å². The standard InChI is InChI=1S/C29H51N3O39S6/c30-4-2-1-3-5-60-26-10(31-72(42,43)44)12(33)17(8(63-26)6-61-74(48,49)50)66-29-22(71-77(57,58)59)16(37)19(23(69-29)25(40)41)67-27-11(32-73(45,46)47)13(34)18(9(64-27)7-62-75(51,52)53)65-28-21(70-76(54,55)56)15(36)14(35)20(68-28)24(38)39/h8-23,26-29,31-37H,1-7,30H2,(H,38,39)(H,40,41)(H,42,43,44)(H,45,46,47)(H,48,49,50)(H,51,52,53)(H,54,55,56)(H,57,58,59)/t8-,9-,10-,11-,12-,13-,14+,15+,16+,17-,18-,19+,20-,21-,22-,23-,26+,27-,28-,29-/m1/s1. The Kier molecular flexibility index (Phi) is 23.2. The van der Waals surface area contributed by atoms with Crippen LogP contribution in [0.25, 0.3) is 0 Å². The molecule has 42 nitrogen and oxygen atoms in total. The molecule has 0 aromatic rings. The quantitative estimate of drug-likeness (QED) is 0.0255. The summed E-state index contributed by atoms with van der Waals surface area (Å²) >= 11 is 0. The maximum Gasteiger partial charge on any atom is 0.397 e. The Morgan fingerprint density at radius 2 is 0.857 bits per heavy atom. The third-order valence-corrected chi connectivity index (χ3v) is 13.6. The van der Waals surface area contributed by atoms with Crippen LogP contribution >= 0.6 is 0 Å². The van der Waals surface area contributed by atoms with Gasteiger partial charge in [-0.05, 0) is 25.8 Å². The maximum absolute atomic E-state index is 12.9. The molecule has 48 heteroatoms. The number of carbonyl (C=O) groups is 2. The van der Waals surface area contributed by atoms with Crippen molar-refractivity contribution in [2.75, 3.05) is 26.4 Å². The van der Waals surface area contributed by atoms with Crippen LogP contribution in [-0.2, 0) is 126 Å². The number of aliphatic hydroxyl groups is 5. The van der Waals surface area contributed by atoms with Gasteiger partial charge in [-0.3, -0.25) is 27.3 Å². The van der Waals surface area contributed by atoms with Crippen LogP contribution in [0.4, 0.5) is 0 Å². The van der Waals surface area contributed by atoms with E-state index >= 15 is 0 Å². The van der Waals surface area contributed by atoms with Crippen LogP contribution < -0.4 is 15.2 Å². The van der Waals surface area contributed by atoms with E-state index in [-0.39, 0.29) is 19.6 Å². The zero-order chi connectivity index (χ0) is 58.6. The first-order chi connectivity index (χ1) is 35.1. The number of hydrogen-bond acceptors (Lipinski definition) is 32. The van der Waals surface area contributed by atoms with Crippen LogP contribution in [-0.4, -0.2) is 275 Å². The van der Waals surface area contributed by atoms with Gasteiger partial charge in [0.15, 0.2) is 49.6 Å². The number of unbranched alkanes of at least 4 members (excludes halogenated alkanes) is 2. The Bertz CT molecular complexity index is 2700. The summed E-state index contributed by atoms with van der Waals surface area (Å²) in [7, 11) is -34.2. The van der Waals surface area contributed by atoms with E-state index in [9.17, 15) is 123 Å². The molecule has 4 fully saturated rings. The monoisotopic (exact) mass is 1260 g/mol. The van der Waals surface area contributed by atoms with Crippen molar-refractivity contribution < 1.29 is 178 Å². The van der Waals surface area contributed by atoms with E-state index in [1.165, 1.54) is 9.44 Å². The summed E-state index contributed by atoms with van der Waals surface area (Å²) in [6.45, 7) is -3.37. The third kappa shape index (κ3) is 20.2. The Morgan fingerprint density at radius 3 is 1.26 bits per heavy atom. The van der Waals surface area contributed by atoms with Gasteiger partial charge in [-0.25, -0.2) is 26.3 Å². The molecular weight excluding hydrogens is 1210 g/mol. The second-order valence-corrected chi connectivity index (χ2v) is 22.9. The molecule has 0 aromatic heterocycles. The summed E-state index contributed by atoms with van der Waals surface area (Å²) in [4.78, 5) is 24.7. The van der Waals surface area contributed by atoms with Crippen LogP contribution in [0.1, 0.15) is 19.3 Å². The van der Waals surface area contributed by atoms with Crippen molar-refractivity contribution in [2.24, 2.45) is 5.73 Å². The Labute approximate surface area is 433 Å². The van der Waals surface area contributed by atoms with E-state index in [0.717, 1.165) is 0 Å². The highest BCUT2D eigenvalue weighted by molar-refractivity contribution is 7.84. The topological polar surface area (TPSA) is 663 Å². The van der Waals surface area contributed by atoms with Crippen molar-refractivity contribution in [2.45, 2.75) is 142 Å². The number of hydrogen-bond donors (Lipinski definition) is 16. The predicted molar refractivity (Wildman–Crippen MR) is 228 cm³/mol. The maximum atomic E-state index is 12.9. The molecule has 0 radical (unpaired) electrons. The molecule has 4 aliphatic heterocycles. The lowest BCUT2D eigenvalue weighted by atomic mass is 9.94. The molecule has 77 heavy (non-hydrogen) atoms. The first-order valence-corrected chi connectivity index (χ1v) is 29.2. The number of carboxylic acids is 2. The molecule has 4 aliphatic rings. The summed E-state index contributed by atoms with van der Waals surface area (Å²) in [5.41, 5.74) is 5.44. The molecule has 4 rings (SSSR count). The lowest BCUT2D eigenvalue weighted by molar-refractivity contribution is -0.368. The summed E-state index contributed by atoms with van der Waals surface area (Å²) in [5.74, 6) is -4.52. The fourth-order valence-electron chi connectivity index (χ4n) is 7.61. The number of aliphatic carboxylic acids is 2. The van der Waals surface area contributed by atoms with Gasteiger partial charge >= 0.3 is 74.1 Å². The largest absolute Gasteiger partial charge is 0.479 e. The normalized spacial score (nSPS) is 37.0. The van der Waals surface area contributed by atoms with E-state index in [4.69, 9.17) is 43.6 Å². The van der Waals surface area contributed by atoms with Gasteiger partial charge in [-0.1, -0.05) is 0 Å². The summed E-state index contributed by atoms with van der Waals surface area (Å²) in [6.07, 6.45) is -48.6. The highest BCUT2D eigenvalue weighted by atomic mass is 32.3. The second-order valence-electron chi connectivity index (χ2n) is 16.2. The molecule has 0 aliphatic carbocycles. The van der Waals surface area contributed by atoms with Crippen molar-refractivity contribution in [3.8, 4) is 0 Å². The van der Waals surface area contributed by atoms with Gasteiger partial charge in [-0.15, -0.1) is 0 Å². The van der Waals surface area contributed by atoms with Crippen LogP contribution in [0, 0.1) is 0 Å². The lowest BCUT2D eigenvalue weighted by Gasteiger charge is -2.49. The Hall–Kier alpha value is -2.40. The number of nitrogens with two attached hydrogens (primary N) is 1. The lowest BCUT2D eigenvalue weighted by Crippen LogP contribution is -2.70. The molecule has 0 aromatic carbocycles. The minimum Gasteiger partial charge on any atom is -0.479 e. The molecule has 0 saturated carbocycles. The van der Waals surface area contributed by atoms with Crippen LogP contribution in [0.5, 0.6) is 0 Å². The highest BCUT2D eigenvalue weighted by Gasteiger charge is 2.60. The van der Waals surface area contributed by atoms with Gasteiger partial charge in [0.05, 0.1) is 13.2 Å². The SMILES string of the molecule is NCCCCCO[C@H]1O[C@H](COS(=O)(=O)O)[C@@H](O[C@@H]2O[C@@H](C(=O)O)[C@@H](O[C@H]3O[C@H](COS(=O)(=O)O)[C@@H](O[C@@H]4O[C@@H](C(=O)O)[C@@H](O)[C@H](O)[C@H]4OS(=O)(=O)O)[C@H](O)[C@H]3NS(=O)(=O)O)[C@H](O)[C@H]2OS(=O)(=O)O)[C@H](O)[C@H]1NS(=O)(=O)O. The van der Waals surface area contributed by atoms with E-state index < -0.39 is 210 Å². The first-order valence-electron chi connectivity index (χ1n) is 20.9. The van der Waals surface area contributed by atoms with Crippen molar-refractivity contribution in [3.63, 3.8) is 0 Å². The van der Waals surface area contributed by atoms with E-state index in [0.29, 0.717) is 12.8 Å². The summed E-state index contributed by atoms with van der Waals surface area (Å²) in [5, 5.41) is 75.5. The number of rotatable bonds is 28. The minimum atomic E-state index is -6.03. The molecule has 0 amide bonds. The summed E-state index contributed by atoms with van der Waals surface area (Å²) in [6, 6.07) is -5.13. The van der Waals surface area contributed by atoms with E-state index in [1.54, 1.807) is 0 Å². The number of carboxylic acid groups (broad SMARTS) is 2. The third-order valence-electron chi connectivity index (χ3n) is 10.7. The molecule has 4 saturated heterocycles. The fourth-order valence-corrected chi connectivity index (χ4v) is 10.4. The van der Waals surface area contributed by atoms with Crippen LogP contribution in [0.3, 0.4) is 0 Å². The van der Waals surface area contributed by atoms with Gasteiger partial charge in [0.2, 0.25) is 0 Å². The van der Waals surface area contributed by atoms with Gasteiger partial charge in [0.25, 0.3) is 0 Å². The van der Waals surface area contributed by atoms with Crippen molar-refractivity contribution in [3.05, 3.63) is 0 Å². The Balaban J connectivity index is 1.81. The molecule has 0 unspecified atom stereocenters.